The lowest BCUT2D eigenvalue weighted by atomic mass is 9.98. The first-order valence-corrected chi connectivity index (χ1v) is 11.1. The summed E-state index contributed by atoms with van der Waals surface area (Å²) in [4.78, 5) is 18.6. The van der Waals surface area contributed by atoms with Crippen molar-refractivity contribution in [3.05, 3.63) is 35.2 Å². The number of aromatic nitrogens is 2. The van der Waals surface area contributed by atoms with E-state index in [0.29, 0.717) is 36.1 Å². The summed E-state index contributed by atoms with van der Waals surface area (Å²) in [6.45, 7) is 2.47. The summed E-state index contributed by atoms with van der Waals surface area (Å²) in [5, 5.41) is 4.56. The van der Waals surface area contributed by atoms with Crippen LogP contribution in [0.15, 0.2) is 28.8 Å². The highest BCUT2D eigenvalue weighted by atomic mass is 35.5. The molecule has 28 heavy (non-hydrogen) atoms. The van der Waals surface area contributed by atoms with Gasteiger partial charge in [0.2, 0.25) is 27.6 Å². The van der Waals surface area contributed by atoms with Crippen LogP contribution in [0.4, 0.5) is 0 Å². The molecule has 0 aliphatic carbocycles. The molecule has 0 bridgehead atoms. The van der Waals surface area contributed by atoms with E-state index in [1.165, 1.54) is 9.21 Å². The van der Waals surface area contributed by atoms with Crippen LogP contribution in [0.3, 0.4) is 0 Å². The molecule has 1 aliphatic heterocycles. The van der Waals surface area contributed by atoms with E-state index in [0.717, 1.165) is 5.56 Å². The number of hydrogen-bond acceptors (Lipinski definition) is 6. The highest BCUT2D eigenvalue weighted by Gasteiger charge is 2.33. The lowest BCUT2D eigenvalue weighted by Gasteiger charge is -2.32. The van der Waals surface area contributed by atoms with Crippen molar-refractivity contribution >= 4 is 27.5 Å². The lowest BCUT2D eigenvalue weighted by Crippen LogP contribution is -2.46. The molecule has 0 unspecified atom stereocenters. The normalized spacial score (nSPS) is 18.2. The molecule has 0 N–H and O–H groups in total. The van der Waals surface area contributed by atoms with E-state index in [2.05, 4.69) is 10.1 Å². The van der Waals surface area contributed by atoms with E-state index in [9.17, 15) is 13.2 Å². The quantitative estimate of drug-likeness (QED) is 0.703. The number of benzene rings is 1. The van der Waals surface area contributed by atoms with Crippen molar-refractivity contribution in [1.82, 2.24) is 19.3 Å². The van der Waals surface area contributed by atoms with E-state index in [-0.39, 0.29) is 30.7 Å². The summed E-state index contributed by atoms with van der Waals surface area (Å²) in [5.74, 6) is 0.292. The topological polar surface area (TPSA) is 96.6 Å². The SMILES string of the molecule is CCS(=O)(=O)N1CCC[C@@H](C(=O)N(C)Cc2nc(-c3ccc(Cl)cc3)no2)C1. The van der Waals surface area contributed by atoms with Gasteiger partial charge in [0, 0.05) is 30.7 Å². The summed E-state index contributed by atoms with van der Waals surface area (Å²) in [7, 11) is -1.64. The van der Waals surface area contributed by atoms with Gasteiger partial charge in [-0.05, 0) is 44.0 Å². The fourth-order valence-corrected chi connectivity index (χ4v) is 4.51. The minimum absolute atomic E-state index is 0.0409. The molecule has 1 aromatic carbocycles. The van der Waals surface area contributed by atoms with Crippen molar-refractivity contribution < 1.29 is 17.7 Å². The molecule has 1 saturated heterocycles. The number of piperidine rings is 1. The van der Waals surface area contributed by atoms with Crippen LogP contribution in [-0.4, -0.2) is 59.6 Å². The minimum Gasteiger partial charge on any atom is -0.337 e. The number of halogens is 1. The van der Waals surface area contributed by atoms with Gasteiger partial charge in [0.25, 0.3) is 0 Å². The monoisotopic (exact) mass is 426 g/mol. The second-order valence-electron chi connectivity index (χ2n) is 6.81. The van der Waals surface area contributed by atoms with Crippen molar-refractivity contribution in [1.29, 1.82) is 0 Å². The molecule has 0 saturated carbocycles. The van der Waals surface area contributed by atoms with Crippen molar-refractivity contribution in [2.75, 3.05) is 25.9 Å². The summed E-state index contributed by atoms with van der Waals surface area (Å²) < 4.78 is 30.9. The van der Waals surface area contributed by atoms with E-state index < -0.39 is 10.0 Å². The van der Waals surface area contributed by atoms with E-state index >= 15 is 0 Å². The molecule has 0 spiro atoms. The molecule has 1 aliphatic rings. The zero-order valence-corrected chi connectivity index (χ0v) is 17.4. The second-order valence-corrected chi connectivity index (χ2v) is 9.50. The molecule has 2 heterocycles. The van der Waals surface area contributed by atoms with Crippen molar-refractivity contribution in [2.24, 2.45) is 5.92 Å². The highest BCUT2D eigenvalue weighted by molar-refractivity contribution is 7.89. The fourth-order valence-electron chi connectivity index (χ4n) is 3.21. The summed E-state index contributed by atoms with van der Waals surface area (Å²) in [5.41, 5.74) is 0.765. The Morgan fingerprint density at radius 2 is 2.07 bits per heavy atom. The predicted octanol–water partition coefficient (Wildman–Crippen LogP) is 2.41. The third kappa shape index (κ3) is 4.71. The Labute approximate surface area is 169 Å². The maximum absolute atomic E-state index is 12.8. The van der Waals surface area contributed by atoms with Crippen LogP contribution < -0.4 is 0 Å². The summed E-state index contributed by atoms with van der Waals surface area (Å²) in [6.07, 6.45) is 1.34. The smallest absolute Gasteiger partial charge is 0.246 e. The molecule has 3 rings (SSSR count). The maximum Gasteiger partial charge on any atom is 0.246 e. The third-order valence-electron chi connectivity index (χ3n) is 4.81. The van der Waals surface area contributed by atoms with Crippen LogP contribution in [0.25, 0.3) is 11.4 Å². The van der Waals surface area contributed by atoms with Crippen LogP contribution in [0.1, 0.15) is 25.7 Å². The number of carbonyl (C=O) groups excluding carboxylic acids is 1. The maximum atomic E-state index is 12.8. The molecular weight excluding hydrogens is 404 g/mol. The van der Waals surface area contributed by atoms with E-state index in [1.807, 2.05) is 0 Å². The minimum atomic E-state index is -3.29. The first-order valence-electron chi connectivity index (χ1n) is 9.11. The third-order valence-corrected chi connectivity index (χ3v) is 6.91. The van der Waals surface area contributed by atoms with Gasteiger partial charge in [0.15, 0.2) is 0 Å². The molecule has 2 aromatic rings. The Morgan fingerprint density at radius 1 is 1.36 bits per heavy atom. The van der Waals surface area contributed by atoms with Gasteiger partial charge in [-0.2, -0.15) is 4.98 Å². The molecule has 1 amide bonds. The van der Waals surface area contributed by atoms with Crippen LogP contribution in [0.2, 0.25) is 5.02 Å². The molecule has 8 nitrogen and oxygen atoms in total. The average molecular weight is 427 g/mol. The van der Waals surface area contributed by atoms with Gasteiger partial charge in [-0.3, -0.25) is 4.79 Å². The summed E-state index contributed by atoms with van der Waals surface area (Å²) in [6, 6.07) is 7.05. The Balaban J connectivity index is 1.63. The number of hydrogen-bond donors (Lipinski definition) is 0. The molecule has 1 atom stereocenters. The van der Waals surface area contributed by atoms with Gasteiger partial charge in [-0.15, -0.1) is 0 Å². The van der Waals surface area contributed by atoms with E-state index in [1.54, 1.807) is 38.2 Å². The Morgan fingerprint density at radius 3 is 2.75 bits per heavy atom. The highest BCUT2D eigenvalue weighted by Crippen LogP contribution is 2.23. The standard InChI is InChI=1S/C18H23ClN4O4S/c1-3-28(25,26)23-10-4-5-14(11-23)18(24)22(2)12-16-20-17(21-27-16)13-6-8-15(19)9-7-13/h6-9,14H,3-5,10-12H2,1-2H3/t14-/m1/s1. The zero-order chi connectivity index (χ0) is 20.3. The zero-order valence-electron chi connectivity index (χ0n) is 15.8. The van der Waals surface area contributed by atoms with Crippen molar-refractivity contribution in [2.45, 2.75) is 26.3 Å². The fraction of sp³-hybridized carbons (Fsp3) is 0.500. The number of sulfonamides is 1. The van der Waals surface area contributed by atoms with Gasteiger partial charge in [-0.25, -0.2) is 12.7 Å². The first-order chi connectivity index (χ1) is 13.3. The summed E-state index contributed by atoms with van der Waals surface area (Å²) >= 11 is 5.88. The Kier molecular flexibility index (Phi) is 6.36. The number of rotatable bonds is 6. The van der Waals surface area contributed by atoms with Crippen LogP contribution in [-0.2, 0) is 21.4 Å². The van der Waals surface area contributed by atoms with Gasteiger partial charge >= 0.3 is 0 Å². The average Bonchev–Trinajstić information content (AvgIpc) is 3.16. The Hall–Kier alpha value is -1.97. The number of amides is 1. The first kappa shape index (κ1) is 20.8. The lowest BCUT2D eigenvalue weighted by molar-refractivity contribution is -0.136. The van der Waals surface area contributed by atoms with Crippen LogP contribution >= 0.6 is 11.6 Å². The molecule has 1 aromatic heterocycles. The largest absolute Gasteiger partial charge is 0.337 e. The van der Waals surface area contributed by atoms with E-state index in [4.69, 9.17) is 16.1 Å². The van der Waals surface area contributed by atoms with Crippen molar-refractivity contribution in [3.63, 3.8) is 0 Å². The molecule has 10 heteroatoms. The van der Waals surface area contributed by atoms with Crippen LogP contribution in [0, 0.1) is 5.92 Å². The van der Waals surface area contributed by atoms with Gasteiger partial charge < -0.3 is 9.42 Å². The number of nitrogens with zero attached hydrogens (tertiary/aromatic N) is 4. The van der Waals surface area contributed by atoms with Gasteiger partial charge in [-0.1, -0.05) is 16.8 Å². The van der Waals surface area contributed by atoms with Crippen molar-refractivity contribution in [3.8, 4) is 11.4 Å². The number of carbonyl (C=O) groups is 1. The molecule has 1 fully saturated rings. The van der Waals surface area contributed by atoms with Gasteiger partial charge in [0.05, 0.1) is 18.2 Å². The molecule has 152 valence electrons. The Bertz CT molecular complexity index is 929. The second kappa shape index (κ2) is 8.59. The van der Waals surface area contributed by atoms with Gasteiger partial charge in [0.1, 0.15) is 0 Å². The predicted molar refractivity (Wildman–Crippen MR) is 105 cm³/mol. The van der Waals surface area contributed by atoms with Crippen LogP contribution in [0.5, 0.6) is 0 Å². The molecular formula is C18H23ClN4O4S. The molecule has 0 radical (unpaired) electrons.